The minimum atomic E-state index is -0.792. The molecular formula is C74H122O6. The topological polar surface area (TPSA) is 78.9 Å². The second-order valence-corrected chi connectivity index (χ2v) is 21.6. The van der Waals surface area contributed by atoms with E-state index < -0.39 is 6.10 Å². The minimum Gasteiger partial charge on any atom is -0.462 e. The van der Waals surface area contributed by atoms with Crippen molar-refractivity contribution in [2.24, 2.45) is 0 Å². The first-order valence-electron chi connectivity index (χ1n) is 33.2. The molecule has 0 amide bonds. The third kappa shape index (κ3) is 64.4. The van der Waals surface area contributed by atoms with Crippen LogP contribution in [0.5, 0.6) is 0 Å². The van der Waals surface area contributed by atoms with Crippen LogP contribution in [0.3, 0.4) is 0 Å². The van der Waals surface area contributed by atoms with E-state index in [-0.39, 0.29) is 31.1 Å². The Morgan fingerprint density at radius 3 is 0.775 bits per heavy atom. The average Bonchev–Trinajstić information content (AvgIpc) is 3.46. The van der Waals surface area contributed by atoms with Crippen LogP contribution in [-0.2, 0) is 28.6 Å². The summed E-state index contributed by atoms with van der Waals surface area (Å²) >= 11 is 0. The van der Waals surface area contributed by atoms with Crippen molar-refractivity contribution in [1.29, 1.82) is 0 Å². The Morgan fingerprint density at radius 2 is 0.487 bits per heavy atom. The molecule has 0 aromatic carbocycles. The Kier molecular flexibility index (Phi) is 63.3. The molecule has 0 aromatic rings. The van der Waals surface area contributed by atoms with Crippen LogP contribution in [0.2, 0.25) is 0 Å². The summed E-state index contributed by atoms with van der Waals surface area (Å²) in [6, 6.07) is 0. The highest BCUT2D eigenvalue weighted by molar-refractivity contribution is 5.71. The van der Waals surface area contributed by atoms with Gasteiger partial charge in [-0.1, -0.05) is 289 Å². The van der Waals surface area contributed by atoms with Crippen LogP contribution in [0, 0.1) is 0 Å². The molecule has 0 radical (unpaired) electrons. The molecule has 454 valence electrons. The fourth-order valence-corrected chi connectivity index (χ4v) is 8.94. The molecule has 0 bridgehead atoms. The molecule has 0 spiro atoms. The molecule has 0 rings (SSSR count). The van der Waals surface area contributed by atoms with Gasteiger partial charge in [0.05, 0.1) is 0 Å². The van der Waals surface area contributed by atoms with E-state index >= 15 is 0 Å². The van der Waals surface area contributed by atoms with Crippen LogP contribution < -0.4 is 0 Å². The Labute approximate surface area is 494 Å². The predicted molar refractivity (Wildman–Crippen MR) is 348 cm³/mol. The van der Waals surface area contributed by atoms with Gasteiger partial charge in [-0.15, -0.1) is 0 Å². The Balaban J connectivity index is 4.25. The largest absolute Gasteiger partial charge is 0.462 e. The van der Waals surface area contributed by atoms with Crippen molar-refractivity contribution in [3.05, 3.63) is 134 Å². The number of allylic oxidation sites excluding steroid dienone is 22. The second-order valence-electron chi connectivity index (χ2n) is 21.6. The van der Waals surface area contributed by atoms with E-state index in [1.165, 1.54) is 109 Å². The first-order valence-corrected chi connectivity index (χ1v) is 33.2. The number of hydrogen-bond donors (Lipinski definition) is 0. The Morgan fingerprint density at radius 1 is 0.263 bits per heavy atom. The van der Waals surface area contributed by atoms with Gasteiger partial charge in [-0.05, 0) is 122 Å². The van der Waals surface area contributed by atoms with Gasteiger partial charge in [-0.25, -0.2) is 0 Å². The summed E-state index contributed by atoms with van der Waals surface area (Å²) in [7, 11) is 0. The molecule has 80 heavy (non-hydrogen) atoms. The van der Waals surface area contributed by atoms with Crippen molar-refractivity contribution < 1.29 is 28.6 Å². The average molecular weight is 1110 g/mol. The highest BCUT2D eigenvalue weighted by Gasteiger charge is 2.19. The number of carbonyl (C=O) groups is 3. The third-order valence-corrected chi connectivity index (χ3v) is 13.9. The molecule has 0 aliphatic heterocycles. The van der Waals surface area contributed by atoms with Gasteiger partial charge in [-0.2, -0.15) is 0 Å². The van der Waals surface area contributed by atoms with Crippen molar-refractivity contribution in [1.82, 2.24) is 0 Å². The highest BCUT2D eigenvalue weighted by Crippen LogP contribution is 2.15. The molecule has 0 saturated carbocycles. The fraction of sp³-hybridized carbons (Fsp3) is 0.662. The molecular weight excluding hydrogens is 985 g/mol. The van der Waals surface area contributed by atoms with Crippen molar-refractivity contribution >= 4 is 17.9 Å². The quantitative estimate of drug-likeness (QED) is 0.0261. The summed E-state index contributed by atoms with van der Waals surface area (Å²) in [6.07, 6.45) is 94.6. The molecule has 0 fully saturated rings. The van der Waals surface area contributed by atoms with Crippen LogP contribution in [0.1, 0.15) is 297 Å². The van der Waals surface area contributed by atoms with Crippen LogP contribution in [0.4, 0.5) is 0 Å². The van der Waals surface area contributed by atoms with E-state index in [2.05, 4.69) is 154 Å². The predicted octanol–water partition coefficient (Wildman–Crippen LogP) is 22.9. The first kappa shape index (κ1) is 75.5. The van der Waals surface area contributed by atoms with Crippen LogP contribution >= 0.6 is 0 Å². The van der Waals surface area contributed by atoms with E-state index in [1.54, 1.807) is 0 Å². The van der Waals surface area contributed by atoms with E-state index in [0.717, 1.165) is 148 Å². The maximum absolute atomic E-state index is 12.9. The second kappa shape index (κ2) is 67.1. The molecule has 0 heterocycles. The van der Waals surface area contributed by atoms with Crippen molar-refractivity contribution in [3.63, 3.8) is 0 Å². The van der Waals surface area contributed by atoms with Crippen molar-refractivity contribution in [2.75, 3.05) is 13.2 Å². The maximum Gasteiger partial charge on any atom is 0.306 e. The van der Waals surface area contributed by atoms with Gasteiger partial charge in [0.25, 0.3) is 0 Å². The molecule has 6 nitrogen and oxygen atoms in total. The molecule has 0 aliphatic carbocycles. The molecule has 1 atom stereocenters. The van der Waals surface area contributed by atoms with E-state index in [9.17, 15) is 14.4 Å². The van der Waals surface area contributed by atoms with E-state index in [4.69, 9.17) is 14.2 Å². The Bertz CT molecular complexity index is 1700. The lowest BCUT2D eigenvalue weighted by atomic mass is 10.1. The summed E-state index contributed by atoms with van der Waals surface area (Å²) in [4.78, 5) is 38.2. The van der Waals surface area contributed by atoms with Crippen molar-refractivity contribution in [2.45, 2.75) is 303 Å². The Hall–Kier alpha value is -4.45. The normalized spacial score (nSPS) is 13.0. The zero-order valence-corrected chi connectivity index (χ0v) is 52.0. The van der Waals surface area contributed by atoms with Crippen LogP contribution in [0.25, 0.3) is 0 Å². The SMILES string of the molecule is CC/C=C\C/C=C\C/C=C\C/C=C\C/C=C\C/C=C\C/C=C\C/C=C\C/C=C\CCCCCCCCCC(=O)OCC(COC(=O)CCCCCCCCCCCCC)OC(=O)CCCCCCC/C=C\C/C=C\CCCCCC. The summed E-state index contributed by atoms with van der Waals surface area (Å²) in [6.45, 7) is 6.49. The summed E-state index contributed by atoms with van der Waals surface area (Å²) in [5, 5.41) is 0. The monoisotopic (exact) mass is 1110 g/mol. The number of hydrogen-bond acceptors (Lipinski definition) is 6. The third-order valence-electron chi connectivity index (χ3n) is 13.9. The summed E-state index contributed by atoms with van der Waals surface area (Å²) < 4.78 is 16.9. The summed E-state index contributed by atoms with van der Waals surface area (Å²) in [5.41, 5.74) is 0. The molecule has 6 heteroatoms. The van der Waals surface area contributed by atoms with Gasteiger partial charge in [-0.3, -0.25) is 14.4 Å². The highest BCUT2D eigenvalue weighted by atomic mass is 16.6. The number of esters is 3. The molecule has 0 saturated heterocycles. The summed E-state index contributed by atoms with van der Waals surface area (Å²) in [5.74, 6) is -0.910. The number of unbranched alkanes of at least 4 members (excludes halogenated alkanes) is 26. The van der Waals surface area contributed by atoms with Gasteiger partial charge in [0.2, 0.25) is 0 Å². The number of ether oxygens (including phenoxy) is 3. The first-order chi connectivity index (χ1) is 39.5. The van der Waals surface area contributed by atoms with Crippen LogP contribution in [0.15, 0.2) is 134 Å². The van der Waals surface area contributed by atoms with Gasteiger partial charge in [0.1, 0.15) is 13.2 Å². The molecule has 0 aromatic heterocycles. The maximum atomic E-state index is 12.9. The lowest BCUT2D eigenvalue weighted by Gasteiger charge is -2.18. The van der Waals surface area contributed by atoms with E-state index in [1.807, 2.05) is 0 Å². The molecule has 0 aliphatic rings. The van der Waals surface area contributed by atoms with Gasteiger partial charge < -0.3 is 14.2 Å². The van der Waals surface area contributed by atoms with Crippen LogP contribution in [-0.4, -0.2) is 37.2 Å². The van der Waals surface area contributed by atoms with Crippen molar-refractivity contribution in [3.8, 4) is 0 Å². The van der Waals surface area contributed by atoms with E-state index in [0.29, 0.717) is 19.3 Å². The lowest BCUT2D eigenvalue weighted by Crippen LogP contribution is -2.30. The zero-order valence-electron chi connectivity index (χ0n) is 52.0. The zero-order chi connectivity index (χ0) is 57.8. The fourth-order valence-electron chi connectivity index (χ4n) is 8.94. The molecule has 0 N–H and O–H groups in total. The lowest BCUT2D eigenvalue weighted by molar-refractivity contribution is -0.167. The smallest absolute Gasteiger partial charge is 0.306 e. The van der Waals surface area contributed by atoms with Gasteiger partial charge in [0, 0.05) is 19.3 Å². The number of rotatable bonds is 59. The molecule has 1 unspecified atom stereocenters. The number of carbonyl (C=O) groups excluding carboxylic acids is 3. The minimum absolute atomic E-state index is 0.0872. The van der Waals surface area contributed by atoms with Gasteiger partial charge in [0.15, 0.2) is 6.10 Å². The van der Waals surface area contributed by atoms with Gasteiger partial charge >= 0.3 is 17.9 Å². The standard InChI is InChI=1S/C74H122O6/c1-4-7-10-13-16-19-22-24-26-28-29-30-31-32-33-34-35-36-37-38-39-40-41-42-43-44-45-46-48-49-52-55-58-61-64-67-73(76)79-70-71(69-78-72(75)66-63-60-57-54-51-21-18-15-12-9-6-3)80-74(77)68-65-62-59-56-53-50-47-27-25-23-20-17-14-11-8-5-2/h7,10,16,19-20,23-24,26-27,29-30,32-33,35-36,38-39,41-42,44-45,47,71H,4-6,8-9,11-15,17-18,21-22,25,28,31,34,37,40,43,46,48-70H2,1-3H3/b10-7-,19-16-,23-20-,26-24-,30-29-,33-32-,36-35-,39-38-,42-41-,45-44-,47-27-.